The lowest BCUT2D eigenvalue weighted by Gasteiger charge is -2.18. The van der Waals surface area contributed by atoms with Gasteiger partial charge in [0.15, 0.2) is 0 Å². The van der Waals surface area contributed by atoms with Gasteiger partial charge in [-0.3, -0.25) is 10.1 Å². The summed E-state index contributed by atoms with van der Waals surface area (Å²) in [5, 5.41) is 7.60. The van der Waals surface area contributed by atoms with Crippen LogP contribution in [0, 0.1) is 11.6 Å². The Kier molecular flexibility index (Phi) is 6.32. The van der Waals surface area contributed by atoms with Crippen LogP contribution in [0.4, 0.5) is 14.5 Å². The molecule has 0 aliphatic rings. The SMILES string of the molecule is CCc1ccc([C@H](NCC(=O)Nc2cc(F)ccc2F)c2cccs2)cc1. The van der Waals surface area contributed by atoms with E-state index in [4.69, 9.17) is 0 Å². The van der Waals surface area contributed by atoms with E-state index in [2.05, 4.69) is 29.7 Å². The number of carbonyl (C=O) groups excluding carboxylic acids is 1. The van der Waals surface area contributed by atoms with Crippen LogP contribution in [0.2, 0.25) is 0 Å². The number of nitrogens with one attached hydrogen (secondary N) is 2. The molecular formula is C21H20F2N2OS. The molecule has 1 aromatic heterocycles. The van der Waals surface area contributed by atoms with Gasteiger partial charge in [-0.05, 0) is 41.1 Å². The molecule has 0 bridgehead atoms. The molecule has 0 spiro atoms. The molecule has 0 radical (unpaired) electrons. The van der Waals surface area contributed by atoms with Crippen molar-refractivity contribution in [2.24, 2.45) is 0 Å². The van der Waals surface area contributed by atoms with Gasteiger partial charge >= 0.3 is 0 Å². The molecule has 140 valence electrons. The zero-order chi connectivity index (χ0) is 19.2. The third-order valence-corrected chi connectivity index (χ3v) is 5.16. The van der Waals surface area contributed by atoms with Crippen molar-refractivity contribution in [3.05, 3.63) is 87.6 Å². The van der Waals surface area contributed by atoms with Crippen molar-refractivity contribution in [1.29, 1.82) is 0 Å². The molecule has 0 aliphatic heterocycles. The summed E-state index contributed by atoms with van der Waals surface area (Å²) in [6.45, 7) is 2.06. The highest BCUT2D eigenvalue weighted by Gasteiger charge is 2.17. The maximum absolute atomic E-state index is 13.7. The minimum atomic E-state index is -0.672. The molecule has 0 fully saturated rings. The summed E-state index contributed by atoms with van der Waals surface area (Å²) in [7, 11) is 0. The number of rotatable bonds is 7. The number of halogens is 2. The number of carbonyl (C=O) groups is 1. The van der Waals surface area contributed by atoms with Gasteiger partial charge in [-0.1, -0.05) is 37.3 Å². The number of hydrogen-bond donors (Lipinski definition) is 2. The summed E-state index contributed by atoms with van der Waals surface area (Å²) in [5.74, 6) is -1.71. The van der Waals surface area contributed by atoms with Gasteiger partial charge in [0, 0.05) is 10.9 Å². The number of thiophene rings is 1. The molecule has 0 unspecified atom stereocenters. The minimum Gasteiger partial charge on any atom is -0.322 e. The van der Waals surface area contributed by atoms with Gasteiger partial charge in [0.25, 0.3) is 0 Å². The van der Waals surface area contributed by atoms with Crippen LogP contribution in [0.5, 0.6) is 0 Å². The summed E-state index contributed by atoms with van der Waals surface area (Å²) in [6, 6.07) is 15.0. The van der Waals surface area contributed by atoms with Crippen LogP contribution < -0.4 is 10.6 Å². The van der Waals surface area contributed by atoms with Gasteiger partial charge in [-0.2, -0.15) is 0 Å². The van der Waals surface area contributed by atoms with Gasteiger partial charge in [0.2, 0.25) is 5.91 Å². The lowest BCUT2D eigenvalue weighted by Crippen LogP contribution is -2.31. The van der Waals surface area contributed by atoms with Gasteiger partial charge < -0.3 is 5.32 Å². The van der Waals surface area contributed by atoms with Crippen molar-refractivity contribution in [3.63, 3.8) is 0 Å². The van der Waals surface area contributed by atoms with Crippen LogP contribution in [0.1, 0.15) is 29.0 Å². The maximum Gasteiger partial charge on any atom is 0.238 e. The Bertz CT molecular complexity index is 895. The number of hydrogen-bond acceptors (Lipinski definition) is 3. The Labute approximate surface area is 161 Å². The molecule has 27 heavy (non-hydrogen) atoms. The Balaban J connectivity index is 1.71. The van der Waals surface area contributed by atoms with Crippen molar-refractivity contribution >= 4 is 22.9 Å². The average Bonchev–Trinajstić information content (AvgIpc) is 3.20. The third kappa shape index (κ3) is 4.99. The molecule has 0 aliphatic carbocycles. The molecule has 6 heteroatoms. The summed E-state index contributed by atoms with van der Waals surface area (Å²) >= 11 is 1.59. The van der Waals surface area contributed by atoms with Crippen LogP contribution in [-0.4, -0.2) is 12.5 Å². The minimum absolute atomic E-state index is 0.0337. The largest absolute Gasteiger partial charge is 0.322 e. The van der Waals surface area contributed by atoms with E-state index in [0.717, 1.165) is 35.1 Å². The number of anilines is 1. The fraction of sp³-hybridized carbons (Fsp3) is 0.190. The highest BCUT2D eigenvalue weighted by molar-refractivity contribution is 7.10. The highest BCUT2D eigenvalue weighted by Crippen LogP contribution is 2.26. The molecular weight excluding hydrogens is 366 g/mol. The second kappa shape index (κ2) is 8.88. The summed E-state index contributed by atoms with van der Waals surface area (Å²) < 4.78 is 26.9. The summed E-state index contributed by atoms with van der Waals surface area (Å²) in [5.41, 5.74) is 2.11. The van der Waals surface area contributed by atoms with Crippen molar-refractivity contribution in [2.75, 3.05) is 11.9 Å². The fourth-order valence-electron chi connectivity index (χ4n) is 2.77. The van der Waals surface area contributed by atoms with E-state index in [1.54, 1.807) is 11.3 Å². The van der Waals surface area contributed by atoms with E-state index in [0.29, 0.717) is 0 Å². The van der Waals surface area contributed by atoms with Crippen molar-refractivity contribution < 1.29 is 13.6 Å². The van der Waals surface area contributed by atoms with Gasteiger partial charge in [-0.25, -0.2) is 8.78 Å². The smallest absolute Gasteiger partial charge is 0.238 e. The van der Waals surface area contributed by atoms with Crippen molar-refractivity contribution in [1.82, 2.24) is 5.32 Å². The normalized spacial score (nSPS) is 12.0. The van der Waals surface area contributed by atoms with E-state index < -0.39 is 17.5 Å². The topological polar surface area (TPSA) is 41.1 Å². The average molecular weight is 386 g/mol. The van der Waals surface area contributed by atoms with Crippen molar-refractivity contribution in [2.45, 2.75) is 19.4 Å². The first-order valence-electron chi connectivity index (χ1n) is 8.67. The van der Waals surface area contributed by atoms with E-state index >= 15 is 0 Å². The molecule has 1 atom stereocenters. The molecule has 0 saturated carbocycles. The van der Waals surface area contributed by atoms with Crippen LogP contribution in [0.3, 0.4) is 0 Å². The molecule has 1 amide bonds. The molecule has 3 rings (SSSR count). The number of aryl methyl sites for hydroxylation is 1. The molecule has 3 nitrogen and oxygen atoms in total. The van der Waals surface area contributed by atoms with Crippen LogP contribution in [0.15, 0.2) is 60.0 Å². The van der Waals surface area contributed by atoms with E-state index in [1.807, 2.05) is 29.6 Å². The standard InChI is InChI=1S/C21H20F2N2OS/c1-2-14-5-7-15(8-6-14)21(19-4-3-11-27-19)24-13-20(26)25-18-12-16(22)9-10-17(18)23/h3-12,21,24H,2,13H2,1H3,(H,25,26)/t21-/m0/s1. The Morgan fingerprint density at radius 2 is 1.89 bits per heavy atom. The first-order valence-corrected chi connectivity index (χ1v) is 9.55. The van der Waals surface area contributed by atoms with Crippen LogP contribution in [0.25, 0.3) is 0 Å². The van der Waals surface area contributed by atoms with E-state index in [1.165, 1.54) is 5.56 Å². The van der Waals surface area contributed by atoms with Gasteiger partial charge in [0.1, 0.15) is 11.6 Å². The fourth-order valence-corrected chi connectivity index (χ4v) is 3.59. The summed E-state index contributed by atoms with van der Waals surface area (Å²) in [4.78, 5) is 13.3. The van der Waals surface area contributed by atoms with E-state index in [-0.39, 0.29) is 18.3 Å². The Morgan fingerprint density at radius 3 is 2.56 bits per heavy atom. The monoisotopic (exact) mass is 386 g/mol. The number of benzene rings is 2. The number of amides is 1. The van der Waals surface area contributed by atoms with E-state index in [9.17, 15) is 13.6 Å². The van der Waals surface area contributed by atoms with Crippen LogP contribution >= 0.6 is 11.3 Å². The third-order valence-electron chi connectivity index (χ3n) is 4.22. The first-order chi connectivity index (χ1) is 13.1. The maximum atomic E-state index is 13.7. The predicted octanol–water partition coefficient (Wildman–Crippen LogP) is 4.91. The zero-order valence-corrected chi connectivity index (χ0v) is 15.7. The van der Waals surface area contributed by atoms with Crippen molar-refractivity contribution in [3.8, 4) is 0 Å². The highest BCUT2D eigenvalue weighted by atomic mass is 32.1. The first kappa shape index (κ1) is 19.2. The lowest BCUT2D eigenvalue weighted by molar-refractivity contribution is -0.115. The second-order valence-corrected chi connectivity index (χ2v) is 7.08. The van der Waals surface area contributed by atoms with Crippen LogP contribution in [-0.2, 0) is 11.2 Å². The predicted molar refractivity (Wildman–Crippen MR) is 105 cm³/mol. The molecule has 2 N–H and O–H groups in total. The molecule has 3 aromatic rings. The Morgan fingerprint density at radius 1 is 1.11 bits per heavy atom. The zero-order valence-electron chi connectivity index (χ0n) is 14.8. The second-order valence-electron chi connectivity index (χ2n) is 6.10. The van der Waals surface area contributed by atoms with Gasteiger partial charge in [0.05, 0.1) is 18.3 Å². The molecule has 2 aromatic carbocycles. The molecule has 0 saturated heterocycles. The van der Waals surface area contributed by atoms with Gasteiger partial charge in [-0.15, -0.1) is 11.3 Å². The lowest BCUT2D eigenvalue weighted by atomic mass is 10.0. The molecule has 1 heterocycles. The Hall–Kier alpha value is -2.57. The quantitative estimate of drug-likeness (QED) is 0.606. The summed E-state index contributed by atoms with van der Waals surface area (Å²) in [6.07, 6.45) is 0.957.